The predicted octanol–water partition coefficient (Wildman–Crippen LogP) is 1.23. The Balaban J connectivity index is 3.10. The highest BCUT2D eigenvalue weighted by Crippen LogP contribution is 2.00. The summed E-state index contributed by atoms with van der Waals surface area (Å²) in [4.78, 5) is 3.65. The molecule has 0 atom stereocenters. The van der Waals surface area contributed by atoms with E-state index in [2.05, 4.69) is 4.98 Å². The van der Waals surface area contributed by atoms with E-state index in [0.717, 1.165) is 6.20 Å². The molecule has 1 aromatic heterocycles. The number of rotatable bonds is 1. The summed E-state index contributed by atoms with van der Waals surface area (Å²) in [5, 5.41) is 0. The molecule has 0 unspecified atom stereocenters. The molecule has 2 nitrogen and oxygen atoms in total. The van der Waals surface area contributed by atoms with Crippen molar-refractivity contribution in [2.24, 2.45) is 0 Å². The highest BCUT2D eigenvalue weighted by molar-refractivity contribution is 5.29. The van der Waals surface area contributed by atoms with Gasteiger partial charge in [-0.3, -0.25) is 0 Å². The van der Waals surface area contributed by atoms with Crippen molar-refractivity contribution in [1.82, 2.24) is 4.98 Å². The molecule has 0 saturated carbocycles. The Kier molecular flexibility index (Phi) is 0.632. The number of nitrogens with two attached hydrogens (primary N) is 1. The summed E-state index contributed by atoms with van der Waals surface area (Å²) in [7, 11) is 0. The molecule has 48 valence electrons. The van der Waals surface area contributed by atoms with Crippen LogP contribution in [0.5, 0.6) is 0 Å². The van der Waals surface area contributed by atoms with E-state index in [1.54, 1.807) is 0 Å². The molecule has 9 heavy (non-hydrogen) atoms. The van der Waals surface area contributed by atoms with E-state index < -0.39 is 13.2 Å². The number of pyridine rings is 1. The number of hydrogen-bond donors (Lipinski definition) is 1. The Bertz CT molecular complexity index is 316. The van der Waals surface area contributed by atoms with Crippen molar-refractivity contribution in [2.45, 2.75) is 13.2 Å². The number of aromatic nitrogens is 1. The molecule has 0 aliphatic rings. The predicted molar refractivity (Wildman–Crippen MR) is 38.0 cm³/mol. The monoisotopic (exact) mass is 127 g/mol. The van der Waals surface area contributed by atoms with Crippen molar-refractivity contribution in [2.75, 3.05) is 5.73 Å². The van der Waals surface area contributed by atoms with Gasteiger partial charge in [0.25, 0.3) is 0 Å². The minimum Gasteiger partial charge on any atom is -0.384 e. The molecule has 0 fully saturated rings. The maximum atomic E-state index is 7.41. The molecule has 0 spiro atoms. The van der Waals surface area contributed by atoms with Crippen molar-refractivity contribution < 1.29 is 6.85 Å². The van der Waals surface area contributed by atoms with E-state index in [4.69, 9.17) is 12.6 Å². The SMILES string of the molecule is [2H]C([2H])([2H])C([2H])([2H])c1ccc(N)nc1. The van der Waals surface area contributed by atoms with Crippen LogP contribution in [0.4, 0.5) is 5.82 Å². The summed E-state index contributed by atoms with van der Waals surface area (Å²) in [6.45, 7) is -2.70. The lowest BCUT2D eigenvalue weighted by atomic mass is 10.2. The normalized spacial score (nSPS) is 20.7. The van der Waals surface area contributed by atoms with Crippen LogP contribution in [-0.4, -0.2) is 4.98 Å². The smallest absolute Gasteiger partial charge is 0.123 e. The van der Waals surface area contributed by atoms with E-state index in [-0.39, 0.29) is 11.4 Å². The number of hydrogen-bond acceptors (Lipinski definition) is 2. The fourth-order valence-corrected chi connectivity index (χ4v) is 0.479. The topological polar surface area (TPSA) is 38.9 Å². The van der Waals surface area contributed by atoms with E-state index in [1.807, 2.05) is 0 Å². The average molecular weight is 127 g/mol. The first-order valence-corrected chi connectivity index (χ1v) is 2.47. The molecule has 0 aromatic carbocycles. The standard InChI is InChI=1S/C7H10N2/c1-2-6-3-4-7(8)9-5-6/h3-5H,2H2,1H3,(H2,8,9)/i1D3,2D2. The van der Waals surface area contributed by atoms with Crippen molar-refractivity contribution in [3.8, 4) is 0 Å². The minimum absolute atomic E-state index is 0.00620. The van der Waals surface area contributed by atoms with E-state index in [0.29, 0.717) is 0 Å². The van der Waals surface area contributed by atoms with Gasteiger partial charge in [0, 0.05) is 13.1 Å². The molecule has 2 N–H and O–H groups in total. The lowest BCUT2D eigenvalue weighted by Gasteiger charge is -1.93. The molecule has 2 heteroatoms. The first kappa shape index (κ1) is 2.29. The molecule has 1 heterocycles. The largest absolute Gasteiger partial charge is 0.384 e. The van der Waals surface area contributed by atoms with Crippen LogP contribution in [0.25, 0.3) is 0 Å². The maximum absolute atomic E-state index is 7.41. The molecule has 0 aliphatic heterocycles. The second-order valence-electron chi connectivity index (χ2n) is 1.60. The van der Waals surface area contributed by atoms with Crippen LogP contribution in [0.15, 0.2) is 18.3 Å². The van der Waals surface area contributed by atoms with Gasteiger partial charge >= 0.3 is 0 Å². The molecular weight excluding hydrogens is 112 g/mol. The molecule has 0 amide bonds. The summed E-state index contributed by atoms with van der Waals surface area (Å²) in [5.74, 6) is 0.232. The maximum Gasteiger partial charge on any atom is 0.123 e. The van der Waals surface area contributed by atoms with E-state index >= 15 is 0 Å². The van der Waals surface area contributed by atoms with Crippen LogP contribution in [0, 0.1) is 0 Å². The Labute approximate surface area is 61.7 Å². The summed E-state index contributed by atoms with van der Waals surface area (Å²) >= 11 is 0. The zero-order chi connectivity index (χ0) is 11.0. The van der Waals surface area contributed by atoms with Gasteiger partial charge in [-0.2, -0.15) is 0 Å². The quantitative estimate of drug-likeness (QED) is 0.616. The van der Waals surface area contributed by atoms with Gasteiger partial charge in [0.05, 0.1) is 0 Å². The highest BCUT2D eigenvalue weighted by Gasteiger charge is 1.86. The summed E-state index contributed by atoms with van der Waals surface area (Å²) in [6.07, 6.45) is -1.25. The van der Waals surface area contributed by atoms with Crippen LogP contribution in [0.2, 0.25) is 0 Å². The van der Waals surface area contributed by atoms with Crippen molar-refractivity contribution >= 4 is 5.82 Å². The molecule has 1 aromatic rings. The lowest BCUT2D eigenvalue weighted by Crippen LogP contribution is -1.89. The number of anilines is 1. The molecule has 0 radical (unpaired) electrons. The van der Waals surface area contributed by atoms with E-state index in [1.165, 1.54) is 12.1 Å². The first-order chi connectivity index (χ1) is 6.25. The third-order valence-electron chi connectivity index (χ3n) is 0.931. The number of aryl methyl sites for hydroxylation is 1. The Morgan fingerprint density at radius 2 is 2.78 bits per heavy atom. The Hall–Kier alpha value is -1.05. The minimum atomic E-state index is -2.70. The second-order valence-corrected chi connectivity index (χ2v) is 1.60. The summed E-state index contributed by atoms with van der Waals surface area (Å²) < 4.78 is 35.9. The van der Waals surface area contributed by atoms with Gasteiger partial charge in [-0.05, 0) is 18.0 Å². The third-order valence-corrected chi connectivity index (χ3v) is 0.931. The van der Waals surface area contributed by atoms with Gasteiger partial charge in [0.15, 0.2) is 0 Å². The molecule has 0 aliphatic carbocycles. The van der Waals surface area contributed by atoms with Gasteiger partial charge in [-0.1, -0.05) is 12.9 Å². The zero-order valence-corrected chi connectivity index (χ0v) is 4.76. The zero-order valence-electron chi connectivity index (χ0n) is 9.76. The summed E-state index contributed by atoms with van der Waals surface area (Å²) in [5.41, 5.74) is 5.31. The fourth-order valence-electron chi connectivity index (χ4n) is 0.479. The van der Waals surface area contributed by atoms with Gasteiger partial charge in [0.2, 0.25) is 0 Å². The van der Waals surface area contributed by atoms with Crippen LogP contribution in [0.3, 0.4) is 0 Å². The number of nitrogen functional groups attached to an aromatic ring is 1. The van der Waals surface area contributed by atoms with Crippen molar-refractivity contribution in [3.63, 3.8) is 0 Å². The Morgan fingerprint density at radius 3 is 3.33 bits per heavy atom. The van der Waals surface area contributed by atoms with Gasteiger partial charge in [-0.25, -0.2) is 4.98 Å². The number of nitrogens with zero attached hydrogens (tertiary/aromatic N) is 1. The molecule has 0 saturated heterocycles. The highest BCUT2D eigenvalue weighted by atomic mass is 14.8. The molecular formula is C7H10N2. The van der Waals surface area contributed by atoms with Crippen molar-refractivity contribution in [3.05, 3.63) is 23.9 Å². The van der Waals surface area contributed by atoms with Crippen molar-refractivity contribution in [1.29, 1.82) is 0 Å². The Morgan fingerprint density at radius 1 is 1.89 bits per heavy atom. The third kappa shape index (κ3) is 1.42. The van der Waals surface area contributed by atoms with E-state index in [9.17, 15) is 0 Å². The molecule has 0 bridgehead atoms. The van der Waals surface area contributed by atoms with Crippen LogP contribution >= 0.6 is 0 Å². The first-order valence-electron chi connectivity index (χ1n) is 4.97. The molecule has 1 rings (SSSR count). The second kappa shape index (κ2) is 2.49. The van der Waals surface area contributed by atoms with Crippen LogP contribution in [-0.2, 0) is 6.37 Å². The summed E-state index contributed by atoms with van der Waals surface area (Å²) in [6, 6.07) is 2.70. The van der Waals surface area contributed by atoms with Gasteiger partial charge in [-0.15, -0.1) is 0 Å². The average Bonchev–Trinajstić information content (AvgIpc) is 2.03. The fraction of sp³-hybridized carbons (Fsp3) is 0.286. The van der Waals surface area contributed by atoms with Crippen LogP contribution < -0.4 is 5.73 Å². The van der Waals surface area contributed by atoms with Gasteiger partial charge in [0.1, 0.15) is 5.82 Å². The van der Waals surface area contributed by atoms with Gasteiger partial charge < -0.3 is 5.73 Å². The lowest BCUT2D eigenvalue weighted by molar-refractivity contribution is 1.11. The van der Waals surface area contributed by atoms with Crippen LogP contribution in [0.1, 0.15) is 19.3 Å².